The molecule has 0 amide bonds. The lowest BCUT2D eigenvalue weighted by Gasteiger charge is -2.37. The first-order valence-electron chi connectivity index (χ1n) is 7.16. The topological polar surface area (TPSA) is 93.4 Å². The van der Waals surface area contributed by atoms with Gasteiger partial charge in [0.15, 0.2) is 0 Å². The Bertz CT molecular complexity index is 511. The zero-order valence-electron chi connectivity index (χ0n) is 12.6. The van der Waals surface area contributed by atoms with E-state index in [1.165, 1.54) is 6.33 Å². The number of aromatic nitrogens is 2. The highest BCUT2D eigenvalue weighted by Gasteiger charge is 2.32. The first-order valence-corrected chi connectivity index (χ1v) is 7.16. The molecule has 2 rings (SSSR count). The summed E-state index contributed by atoms with van der Waals surface area (Å²) >= 11 is 0. The van der Waals surface area contributed by atoms with Crippen molar-refractivity contribution in [2.75, 3.05) is 29.9 Å². The van der Waals surface area contributed by atoms with Crippen molar-refractivity contribution in [1.82, 2.24) is 9.97 Å². The summed E-state index contributed by atoms with van der Waals surface area (Å²) in [6, 6.07) is 0.0359. The summed E-state index contributed by atoms with van der Waals surface area (Å²) in [5, 5.41) is 14.5. The summed E-state index contributed by atoms with van der Waals surface area (Å²) < 4.78 is 5.57. The summed E-state index contributed by atoms with van der Waals surface area (Å²) in [6.07, 6.45) is 2.25. The number of morpholine rings is 1. The second kappa shape index (κ2) is 6.66. The van der Waals surface area contributed by atoms with Gasteiger partial charge in [0.05, 0.1) is 23.7 Å². The number of nitrogens with one attached hydrogen (secondary N) is 1. The predicted octanol–water partition coefficient (Wildman–Crippen LogP) is 1.82. The molecule has 1 aliphatic heterocycles. The van der Waals surface area contributed by atoms with Crippen molar-refractivity contribution in [3.05, 3.63) is 16.4 Å². The fraction of sp³-hybridized carbons (Fsp3) is 0.692. The van der Waals surface area contributed by atoms with E-state index in [1.807, 2.05) is 25.7 Å². The van der Waals surface area contributed by atoms with E-state index in [-0.39, 0.29) is 23.7 Å². The molecule has 116 valence electrons. The molecule has 21 heavy (non-hydrogen) atoms. The lowest BCUT2D eigenvalue weighted by Crippen LogP contribution is -2.48. The average molecular weight is 295 g/mol. The lowest BCUT2D eigenvalue weighted by atomic mass is 10.2. The molecule has 1 aromatic heterocycles. The van der Waals surface area contributed by atoms with Gasteiger partial charge in [0.1, 0.15) is 6.33 Å². The number of nitro groups is 1. The summed E-state index contributed by atoms with van der Waals surface area (Å²) in [7, 11) is 0. The molecule has 0 aliphatic carbocycles. The minimum Gasteiger partial charge on any atom is -0.375 e. The average Bonchev–Trinajstić information content (AvgIpc) is 2.47. The van der Waals surface area contributed by atoms with E-state index in [2.05, 4.69) is 15.3 Å². The molecule has 1 N–H and O–H groups in total. The Labute approximate surface area is 123 Å². The summed E-state index contributed by atoms with van der Waals surface area (Å²) in [5.41, 5.74) is -0.0631. The monoisotopic (exact) mass is 295 g/mol. The van der Waals surface area contributed by atoms with E-state index >= 15 is 0 Å². The molecule has 0 saturated carbocycles. The predicted molar refractivity (Wildman–Crippen MR) is 79.7 cm³/mol. The van der Waals surface area contributed by atoms with Crippen molar-refractivity contribution in [2.45, 2.75) is 39.3 Å². The second-order valence-corrected chi connectivity index (χ2v) is 5.22. The molecular weight excluding hydrogens is 274 g/mol. The van der Waals surface area contributed by atoms with Crippen LogP contribution in [0, 0.1) is 10.1 Å². The molecule has 0 aromatic carbocycles. The van der Waals surface area contributed by atoms with E-state index in [4.69, 9.17) is 4.74 Å². The normalized spacial score (nSPS) is 22.1. The summed E-state index contributed by atoms with van der Waals surface area (Å²) in [6.45, 7) is 7.64. The van der Waals surface area contributed by atoms with E-state index in [1.54, 1.807) is 0 Å². The second-order valence-electron chi connectivity index (χ2n) is 5.22. The van der Waals surface area contributed by atoms with Crippen LogP contribution in [0.1, 0.15) is 27.2 Å². The van der Waals surface area contributed by atoms with Crippen LogP contribution in [0.3, 0.4) is 0 Å². The van der Waals surface area contributed by atoms with Gasteiger partial charge in [0, 0.05) is 13.1 Å². The smallest absolute Gasteiger partial charge is 0.353 e. The minimum absolute atomic E-state index is 0.0165. The van der Waals surface area contributed by atoms with Crippen molar-refractivity contribution in [1.29, 1.82) is 0 Å². The van der Waals surface area contributed by atoms with Gasteiger partial charge in [-0.25, -0.2) is 9.97 Å². The molecule has 0 spiro atoms. The van der Waals surface area contributed by atoms with Crippen LogP contribution >= 0.6 is 0 Å². The van der Waals surface area contributed by atoms with E-state index in [9.17, 15) is 10.1 Å². The Morgan fingerprint density at radius 1 is 1.52 bits per heavy atom. The van der Waals surface area contributed by atoms with Crippen LogP contribution in [0.4, 0.5) is 17.3 Å². The molecular formula is C13H21N5O3. The third-order valence-electron chi connectivity index (χ3n) is 3.41. The van der Waals surface area contributed by atoms with Gasteiger partial charge in [-0.3, -0.25) is 10.1 Å². The molecule has 2 atom stereocenters. The first kappa shape index (κ1) is 15.4. The third-order valence-corrected chi connectivity index (χ3v) is 3.41. The van der Waals surface area contributed by atoms with Gasteiger partial charge >= 0.3 is 5.69 Å². The number of nitrogens with zero attached hydrogens (tertiary/aromatic N) is 4. The maximum atomic E-state index is 11.5. The van der Waals surface area contributed by atoms with Gasteiger partial charge in [-0.15, -0.1) is 0 Å². The van der Waals surface area contributed by atoms with Crippen LogP contribution in [-0.4, -0.2) is 46.7 Å². The Balaban J connectivity index is 2.39. The van der Waals surface area contributed by atoms with E-state index in [0.29, 0.717) is 25.5 Å². The molecule has 2 unspecified atom stereocenters. The van der Waals surface area contributed by atoms with Crippen molar-refractivity contribution in [2.24, 2.45) is 0 Å². The maximum Gasteiger partial charge on any atom is 0.353 e. The van der Waals surface area contributed by atoms with Crippen molar-refractivity contribution < 1.29 is 9.66 Å². The van der Waals surface area contributed by atoms with Crippen LogP contribution in [0.25, 0.3) is 0 Å². The number of hydrogen-bond acceptors (Lipinski definition) is 7. The fourth-order valence-electron chi connectivity index (χ4n) is 2.32. The maximum absolute atomic E-state index is 11.5. The molecule has 0 radical (unpaired) electrons. The molecule has 2 heterocycles. The highest BCUT2D eigenvalue weighted by Crippen LogP contribution is 2.34. The molecule has 8 nitrogen and oxygen atoms in total. The molecule has 1 aliphatic rings. The molecule has 1 fully saturated rings. The Morgan fingerprint density at radius 2 is 2.29 bits per heavy atom. The van der Waals surface area contributed by atoms with Crippen LogP contribution < -0.4 is 10.2 Å². The number of hydrogen-bond donors (Lipinski definition) is 1. The van der Waals surface area contributed by atoms with Crippen LogP contribution in [0.15, 0.2) is 6.33 Å². The SMILES string of the molecule is CCCNc1ncnc(N2CC(C)OCC2C)c1[N+](=O)[O-]. The number of anilines is 2. The Hall–Kier alpha value is -1.96. The molecule has 8 heteroatoms. The van der Waals surface area contributed by atoms with Crippen LogP contribution in [-0.2, 0) is 4.74 Å². The van der Waals surface area contributed by atoms with E-state index in [0.717, 1.165) is 6.42 Å². The van der Waals surface area contributed by atoms with Gasteiger partial charge in [0.25, 0.3) is 0 Å². The van der Waals surface area contributed by atoms with Gasteiger partial charge in [-0.05, 0) is 20.3 Å². The first-order chi connectivity index (χ1) is 10.0. The largest absolute Gasteiger partial charge is 0.375 e. The highest BCUT2D eigenvalue weighted by atomic mass is 16.6. The Morgan fingerprint density at radius 3 is 2.95 bits per heavy atom. The lowest BCUT2D eigenvalue weighted by molar-refractivity contribution is -0.383. The number of rotatable bonds is 5. The van der Waals surface area contributed by atoms with Crippen molar-refractivity contribution >= 4 is 17.3 Å². The molecule has 1 aromatic rings. The Kier molecular flexibility index (Phi) is 4.89. The summed E-state index contributed by atoms with van der Waals surface area (Å²) in [5.74, 6) is 0.634. The van der Waals surface area contributed by atoms with Gasteiger partial charge in [-0.1, -0.05) is 6.92 Å². The van der Waals surface area contributed by atoms with Crippen LogP contribution in [0.5, 0.6) is 0 Å². The van der Waals surface area contributed by atoms with Gasteiger partial charge in [0.2, 0.25) is 11.6 Å². The summed E-state index contributed by atoms with van der Waals surface area (Å²) in [4.78, 5) is 21.1. The third kappa shape index (κ3) is 3.38. The van der Waals surface area contributed by atoms with Crippen molar-refractivity contribution in [3.63, 3.8) is 0 Å². The fourth-order valence-corrected chi connectivity index (χ4v) is 2.32. The molecule has 1 saturated heterocycles. The van der Waals surface area contributed by atoms with Crippen molar-refractivity contribution in [3.8, 4) is 0 Å². The standard InChI is InChI=1S/C13H21N5O3/c1-4-5-14-12-11(18(19)20)13(16-8-15-12)17-6-10(3)21-7-9(17)2/h8-10H,4-7H2,1-3H3,(H,14,15,16). The quantitative estimate of drug-likeness (QED) is 0.654. The highest BCUT2D eigenvalue weighted by molar-refractivity contribution is 5.70. The number of ether oxygens (including phenoxy) is 1. The van der Waals surface area contributed by atoms with Gasteiger partial charge in [-0.2, -0.15) is 0 Å². The van der Waals surface area contributed by atoms with E-state index < -0.39 is 4.92 Å². The zero-order chi connectivity index (χ0) is 15.4. The van der Waals surface area contributed by atoms with Crippen LogP contribution in [0.2, 0.25) is 0 Å². The van der Waals surface area contributed by atoms with Gasteiger partial charge < -0.3 is 15.0 Å². The molecule has 0 bridgehead atoms. The zero-order valence-corrected chi connectivity index (χ0v) is 12.6. The minimum atomic E-state index is -0.416.